The molecule has 6 nitrogen and oxygen atoms in total. The molecule has 0 radical (unpaired) electrons. The van der Waals surface area contributed by atoms with Gasteiger partial charge in [0.1, 0.15) is 5.69 Å². The molecule has 1 aromatic heterocycles. The van der Waals surface area contributed by atoms with Gasteiger partial charge in [-0.3, -0.25) is 14.7 Å². The van der Waals surface area contributed by atoms with Crippen molar-refractivity contribution in [3.8, 4) is 0 Å². The normalized spacial score (nSPS) is 10.2. The fourth-order valence-corrected chi connectivity index (χ4v) is 2.39. The second kappa shape index (κ2) is 6.16. The van der Waals surface area contributed by atoms with Crippen molar-refractivity contribution in [3.05, 3.63) is 42.2 Å². The zero-order valence-electron chi connectivity index (χ0n) is 10.2. The number of hydrogen-bond acceptors (Lipinski definition) is 5. The maximum Gasteiger partial charge on any atom is 0.372 e. The van der Waals surface area contributed by atoms with E-state index in [4.69, 9.17) is 5.11 Å². The number of carbonyl (C=O) groups is 3. The van der Waals surface area contributed by atoms with E-state index in [0.29, 0.717) is 4.90 Å². The van der Waals surface area contributed by atoms with Gasteiger partial charge in [-0.15, -0.1) is 0 Å². The number of hydrogen-bond donors (Lipinski definition) is 2. The summed E-state index contributed by atoms with van der Waals surface area (Å²) in [4.78, 5) is 34.8. The van der Waals surface area contributed by atoms with Crippen molar-refractivity contribution in [2.24, 2.45) is 0 Å². The highest BCUT2D eigenvalue weighted by Crippen LogP contribution is 2.29. The van der Waals surface area contributed by atoms with Gasteiger partial charge in [-0.2, -0.15) is 5.10 Å². The molecular formula is C13H10N2O4S. The number of carboxylic acid groups (broad SMARTS) is 1. The molecule has 20 heavy (non-hydrogen) atoms. The van der Waals surface area contributed by atoms with Crippen molar-refractivity contribution in [2.75, 3.05) is 0 Å². The Balaban J connectivity index is 2.14. The SMILES string of the molecule is O=C(O)C(=O)CC(=O)c1[nH]ncc1Sc1ccccc1. The molecule has 2 rings (SSSR count). The van der Waals surface area contributed by atoms with Gasteiger partial charge >= 0.3 is 5.97 Å². The number of aliphatic carboxylic acids is 1. The number of Topliss-reactive ketones (excluding diaryl/α,β-unsaturated/α-hetero) is 2. The summed E-state index contributed by atoms with van der Waals surface area (Å²) in [5, 5.41) is 14.8. The Hall–Kier alpha value is -2.41. The lowest BCUT2D eigenvalue weighted by molar-refractivity contribution is -0.148. The molecule has 0 aliphatic heterocycles. The van der Waals surface area contributed by atoms with E-state index >= 15 is 0 Å². The maximum atomic E-state index is 11.9. The quantitative estimate of drug-likeness (QED) is 0.478. The lowest BCUT2D eigenvalue weighted by atomic mass is 10.1. The van der Waals surface area contributed by atoms with Crippen LogP contribution in [0.1, 0.15) is 16.9 Å². The fraction of sp³-hybridized carbons (Fsp3) is 0.0769. The summed E-state index contributed by atoms with van der Waals surface area (Å²) >= 11 is 1.31. The topological polar surface area (TPSA) is 100 Å². The molecule has 0 unspecified atom stereocenters. The number of carboxylic acids is 1. The van der Waals surface area contributed by atoms with Crippen LogP contribution in [0.5, 0.6) is 0 Å². The van der Waals surface area contributed by atoms with Crippen molar-refractivity contribution in [3.63, 3.8) is 0 Å². The summed E-state index contributed by atoms with van der Waals surface area (Å²) in [6, 6.07) is 9.33. The van der Waals surface area contributed by atoms with Gasteiger partial charge in [0, 0.05) is 4.90 Å². The molecule has 0 saturated carbocycles. The molecule has 102 valence electrons. The molecule has 0 bridgehead atoms. The number of carbonyl (C=O) groups excluding carboxylic acids is 2. The number of nitrogens with one attached hydrogen (secondary N) is 1. The van der Waals surface area contributed by atoms with E-state index in [-0.39, 0.29) is 5.69 Å². The second-order valence-corrected chi connectivity index (χ2v) is 4.97. The van der Waals surface area contributed by atoms with Gasteiger partial charge in [0.15, 0.2) is 5.78 Å². The molecule has 0 fully saturated rings. The Morgan fingerprint density at radius 3 is 2.55 bits per heavy atom. The van der Waals surface area contributed by atoms with Crippen molar-refractivity contribution >= 4 is 29.3 Å². The maximum absolute atomic E-state index is 11.9. The van der Waals surface area contributed by atoms with Gasteiger partial charge < -0.3 is 5.11 Å². The molecular weight excluding hydrogens is 280 g/mol. The highest BCUT2D eigenvalue weighted by Gasteiger charge is 2.21. The van der Waals surface area contributed by atoms with Gasteiger partial charge in [-0.1, -0.05) is 30.0 Å². The Morgan fingerprint density at radius 1 is 1.20 bits per heavy atom. The average Bonchev–Trinajstić information content (AvgIpc) is 2.88. The molecule has 0 aliphatic rings. The van der Waals surface area contributed by atoms with E-state index in [1.807, 2.05) is 30.3 Å². The van der Waals surface area contributed by atoms with Crippen molar-refractivity contribution in [2.45, 2.75) is 16.2 Å². The molecule has 2 N–H and O–H groups in total. The van der Waals surface area contributed by atoms with E-state index in [2.05, 4.69) is 10.2 Å². The zero-order chi connectivity index (χ0) is 14.5. The first-order chi connectivity index (χ1) is 9.58. The first kappa shape index (κ1) is 14.0. The number of nitrogens with zero attached hydrogens (tertiary/aromatic N) is 1. The van der Waals surface area contributed by atoms with Crippen LogP contribution >= 0.6 is 11.8 Å². The Kier molecular flexibility index (Phi) is 4.31. The molecule has 0 saturated heterocycles. The third-order valence-electron chi connectivity index (χ3n) is 2.41. The number of aromatic amines is 1. The smallest absolute Gasteiger partial charge is 0.372 e. The van der Waals surface area contributed by atoms with Gasteiger partial charge in [0.2, 0.25) is 5.78 Å². The Bertz CT molecular complexity index is 651. The molecule has 0 atom stereocenters. The van der Waals surface area contributed by atoms with Gasteiger partial charge in [-0.05, 0) is 12.1 Å². The highest BCUT2D eigenvalue weighted by molar-refractivity contribution is 7.99. The summed E-state index contributed by atoms with van der Waals surface area (Å²) in [6.07, 6.45) is 0.788. The summed E-state index contributed by atoms with van der Waals surface area (Å²) in [7, 11) is 0. The predicted molar refractivity (Wildman–Crippen MR) is 70.7 cm³/mol. The minimum Gasteiger partial charge on any atom is -0.475 e. The van der Waals surface area contributed by atoms with Crippen LogP contribution in [0.3, 0.4) is 0 Å². The predicted octanol–water partition coefficient (Wildman–Crippen LogP) is 1.79. The third kappa shape index (κ3) is 3.33. The summed E-state index contributed by atoms with van der Waals surface area (Å²) in [6.45, 7) is 0. The molecule has 7 heteroatoms. The van der Waals surface area contributed by atoms with Crippen LogP contribution in [0.4, 0.5) is 0 Å². The molecule has 0 spiro atoms. The zero-order valence-corrected chi connectivity index (χ0v) is 11.0. The Morgan fingerprint density at radius 2 is 1.90 bits per heavy atom. The van der Waals surface area contributed by atoms with E-state index in [0.717, 1.165) is 4.90 Å². The Labute approximate surface area is 118 Å². The molecule has 0 amide bonds. The standard InChI is InChI=1S/C13H10N2O4S/c16-9(6-10(17)13(18)19)12-11(7-14-15-12)20-8-4-2-1-3-5-8/h1-5,7H,6H2,(H,14,15)(H,18,19). The van der Waals surface area contributed by atoms with Crippen molar-refractivity contribution < 1.29 is 19.5 Å². The molecule has 1 heterocycles. The number of ketones is 2. The fourth-order valence-electron chi connectivity index (χ4n) is 1.48. The number of rotatable bonds is 6. The number of aromatic nitrogens is 2. The van der Waals surface area contributed by atoms with Crippen molar-refractivity contribution in [1.82, 2.24) is 10.2 Å². The van der Waals surface area contributed by atoms with Crippen LogP contribution in [0, 0.1) is 0 Å². The first-order valence-corrected chi connectivity index (χ1v) is 6.45. The van der Waals surface area contributed by atoms with Gasteiger partial charge in [0.25, 0.3) is 0 Å². The van der Waals surface area contributed by atoms with Gasteiger partial charge in [0.05, 0.1) is 17.5 Å². The molecule has 1 aromatic carbocycles. The lowest BCUT2D eigenvalue weighted by Crippen LogP contribution is -2.17. The number of benzene rings is 1. The van der Waals surface area contributed by atoms with Crippen LogP contribution in [-0.4, -0.2) is 32.8 Å². The van der Waals surface area contributed by atoms with E-state index < -0.39 is 24.0 Å². The minimum absolute atomic E-state index is 0.147. The van der Waals surface area contributed by atoms with E-state index in [1.54, 1.807) is 0 Å². The van der Waals surface area contributed by atoms with Crippen LogP contribution in [0.25, 0.3) is 0 Å². The molecule has 2 aromatic rings. The summed E-state index contributed by atoms with van der Waals surface area (Å²) in [5.41, 5.74) is 0.147. The lowest BCUT2D eigenvalue weighted by Gasteiger charge is -2.01. The third-order valence-corrected chi connectivity index (χ3v) is 3.45. The monoisotopic (exact) mass is 290 g/mol. The highest BCUT2D eigenvalue weighted by atomic mass is 32.2. The van der Waals surface area contributed by atoms with Crippen LogP contribution in [0.15, 0.2) is 46.3 Å². The van der Waals surface area contributed by atoms with E-state index in [1.165, 1.54) is 18.0 Å². The largest absolute Gasteiger partial charge is 0.475 e. The van der Waals surface area contributed by atoms with Crippen molar-refractivity contribution in [1.29, 1.82) is 0 Å². The van der Waals surface area contributed by atoms with Crippen LogP contribution < -0.4 is 0 Å². The van der Waals surface area contributed by atoms with Crippen LogP contribution in [-0.2, 0) is 9.59 Å². The second-order valence-electron chi connectivity index (χ2n) is 3.85. The average molecular weight is 290 g/mol. The van der Waals surface area contributed by atoms with E-state index in [9.17, 15) is 14.4 Å². The minimum atomic E-state index is -1.62. The van der Waals surface area contributed by atoms with Gasteiger partial charge in [-0.25, -0.2) is 4.79 Å². The number of H-pyrrole nitrogens is 1. The first-order valence-electron chi connectivity index (χ1n) is 5.63. The summed E-state index contributed by atoms with van der Waals surface area (Å²) < 4.78 is 0. The van der Waals surface area contributed by atoms with Crippen LogP contribution in [0.2, 0.25) is 0 Å². The summed E-state index contributed by atoms with van der Waals surface area (Å²) in [5.74, 6) is -3.34. The molecule has 0 aliphatic carbocycles.